The number of rotatable bonds is 1. The molecule has 3 heterocycles. The summed E-state index contributed by atoms with van der Waals surface area (Å²) in [5.74, 6) is -0.535. The maximum Gasteiger partial charge on any atom is 0.359 e. The fourth-order valence-electron chi connectivity index (χ4n) is 3.69. The number of hydrogen-bond acceptors (Lipinski definition) is 4. The number of ether oxygens (including phenoxy) is 1. The topological polar surface area (TPSA) is 64.4 Å². The first-order chi connectivity index (χ1) is 12.3. The van der Waals surface area contributed by atoms with Crippen LogP contribution in [0.1, 0.15) is 66.2 Å². The Bertz CT molecular complexity index is 913. The molecule has 0 unspecified atom stereocenters. The minimum Gasteiger partial charge on any atom is -0.455 e. The molecule has 1 fully saturated rings. The van der Waals surface area contributed by atoms with Crippen LogP contribution in [-0.2, 0) is 4.74 Å². The van der Waals surface area contributed by atoms with Crippen LogP contribution in [-0.4, -0.2) is 38.5 Å². The van der Waals surface area contributed by atoms with Crippen molar-refractivity contribution in [1.82, 2.24) is 14.5 Å². The number of imidazole rings is 1. The summed E-state index contributed by atoms with van der Waals surface area (Å²) >= 11 is 6.12. The Hall–Kier alpha value is -2.34. The summed E-state index contributed by atoms with van der Waals surface area (Å²) in [7, 11) is 0. The first-order valence-corrected chi connectivity index (χ1v) is 9.05. The summed E-state index contributed by atoms with van der Waals surface area (Å²) in [6, 6.07) is 5.01. The summed E-state index contributed by atoms with van der Waals surface area (Å²) in [6.45, 7) is 6.11. The highest BCUT2D eigenvalue weighted by Gasteiger charge is 2.40. The summed E-state index contributed by atoms with van der Waals surface area (Å²) in [5, 5.41) is 0.503. The van der Waals surface area contributed by atoms with Gasteiger partial charge >= 0.3 is 5.97 Å². The van der Waals surface area contributed by atoms with Crippen LogP contribution in [0.4, 0.5) is 0 Å². The number of nitrogens with zero attached hydrogens (tertiary/aromatic N) is 3. The van der Waals surface area contributed by atoms with Gasteiger partial charge in [-0.05, 0) is 51.8 Å². The second kappa shape index (κ2) is 5.84. The van der Waals surface area contributed by atoms with Gasteiger partial charge in [0.1, 0.15) is 11.9 Å². The van der Waals surface area contributed by atoms with E-state index in [0.29, 0.717) is 28.5 Å². The molecule has 1 aromatic carbocycles. The van der Waals surface area contributed by atoms with Crippen LogP contribution in [0.15, 0.2) is 24.5 Å². The van der Waals surface area contributed by atoms with Crippen molar-refractivity contribution in [3.63, 3.8) is 0 Å². The van der Waals surface area contributed by atoms with Crippen molar-refractivity contribution >= 4 is 23.5 Å². The van der Waals surface area contributed by atoms with Gasteiger partial charge in [0.15, 0.2) is 5.69 Å². The van der Waals surface area contributed by atoms with Gasteiger partial charge in [-0.2, -0.15) is 0 Å². The number of hydrogen-bond donors (Lipinski definition) is 0. The molecule has 1 saturated heterocycles. The number of carbonyl (C=O) groups is 2. The van der Waals surface area contributed by atoms with Crippen molar-refractivity contribution in [1.29, 1.82) is 0 Å². The molecule has 2 aliphatic heterocycles. The number of carbonyl (C=O) groups excluding carboxylic acids is 2. The molecule has 0 N–H and O–H groups in total. The molecule has 1 aromatic heterocycles. The quantitative estimate of drug-likeness (QED) is 0.714. The highest BCUT2D eigenvalue weighted by Crippen LogP contribution is 2.40. The lowest BCUT2D eigenvalue weighted by molar-refractivity contribution is 0.00596. The van der Waals surface area contributed by atoms with Crippen molar-refractivity contribution in [2.45, 2.75) is 45.3 Å². The molecular weight excluding hydrogens is 354 g/mol. The predicted octanol–water partition coefficient (Wildman–Crippen LogP) is 3.77. The van der Waals surface area contributed by atoms with E-state index in [2.05, 4.69) is 4.98 Å². The van der Waals surface area contributed by atoms with Crippen LogP contribution in [0.2, 0.25) is 5.02 Å². The predicted molar refractivity (Wildman–Crippen MR) is 96.8 cm³/mol. The van der Waals surface area contributed by atoms with Crippen molar-refractivity contribution in [3.05, 3.63) is 46.5 Å². The monoisotopic (exact) mass is 373 g/mol. The molecule has 0 radical (unpaired) electrons. The van der Waals surface area contributed by atoms with E-state index in [1.54, 1.807) is 24.5 Å². The SMILES string of the molecule is CC(C)(C)OC(=O)c1ncn2c1[C@@H]1CCCN1C(=O)c1cc(Cl)ccc1-2. The maximum absolute atomic E-state index is 13.1. The Labute approximate surface area is 156 Å². The van der Waals surface area contributed by atoms with Gasteiger partial charge in [-0.15, -0.1) is 0 Å². The first kappa shape index (κ1) is 17.1. The smallest absolute Gasteiger partial charge is 0.359 e. The largest absolute Gasteiger partial charge is 0.455 e. The van der Waals surface area contributed by atoms with Crippen molar-refractivity contribution < 1.29 is 14.3 Å². The van der Waals surface area contributed by atoms with E-state index in [1.807, 2.05) is 30.2 Å². The number of halogens is 1. The molecule has 7 heteroatoms. The standard InChI is InChI=1S/C19H20ClN3O3/c1-19(2,3)26-18(25)15-16-14-5-4-8-22(14)17(24)12-9-11(20)6-7-13(12)23(16)10-21-15/h6-7,9-10,14H,4-5,8H2,1-3H3/t14-/m0/s1. The number of esters is 1. The first-order valence-electron chi connectivity index (χ1n) is 8.68. The second-order valence-corrected chi connectivity index (χ2v) is 8.10. The Morgan fingerprint density at radius 3 is 2.85 bits per heavy atom. The Balaban J connectivity index is 1.91. The molecule has 1 amide bonds. The van der Waals surface area contributed by atoms with Crippen LogP contribution < -0.4 is 0 Å². The zero-order chi connectivity index (χ0) is 18.6. The van der Waals surface area contributed by atoms with Crippen molar-refractivity contribution in [2.24, 2.45) is 0 Å². The number of benzene rings is 1. The van der Waals surface area contributed by atoms with Crippen LogP contribution in [0.25, 0.3) is 5.69 Å². The zero-order valence-corrected chi connectivity index (χ0v) is 15.7. The van der Waals surface area contributed by atoms with Crippen LogP contribution in [0.5, 0.6) is 0 Å². The number of amides is 1. The van der Waals surface area contributed by atoms with Crippen molar-refractivity contribution in [2.75, 3.05) is 6.54 Å². The van der Waals surface area contributed by atoms with Gasteiger partial charge in [-0.25, -0.2) is 9.78 Å². The number of fused-ring (bicyclic) bond motifs is 5. The fraction of sp³-hybridized carbons (Fsp3) is 0.421. The van der Waals surface area contributed by atoms with Crippen molar-refractivity contribution in [3.8, 4) is 5.69 Å². The normalized spacial score (nSPS) is 18.8. The summed E-state index contributed by atoms with van der Waals surface area (Å²) in [6.07, 6.45) is 3.26. The molecule has 0 spiro atoms. The van der Waals surface area contributed by atoms with Gasteiger partial charge in [0.2, 0.25) is 0 Å². The summed E-state index contributed by atoms with van der Waals surface area (Å²) in [5.41, 5.74) is 1.58. The van der Waals surface area contributed by atoms with E-state index in [4.69, 9.17) is 16.3 Å². The average Bonchev–Trinajstić information content (AvgIpc) is 3.17. The Morgan fingerprint density at radius 2 is 2.12 bits per heavy atom. The van der Waals surface area contributed by atoms with Gasteiger partial charge in [-0.3, -0.25) is 9.36 Å². The van der Waals surface area contributed by atoms with E-state index in [0.717, 1.165) is 12.8 Å². The van der Waals surface area contributed by atoms with Crippen LogP contribution >= 0.6 is 11.6 Å². The van der Waals surface area contributed by atoms with Gasteiger partial charge in [-0.1, -0.05) is 11.6 Å². The highest BCUT2D eigenvalue weighted by atomic mass is 35.5. The molecule has 0 aliphatic carbocycles. The molecule has 4 rings (SSSR count). The minimum absolute atomic E-state index is 0.0659. The van der Waals surface area contributed by atoms with E-state index >= 15 is 0 Å². The second-order valence-electron chi connectivity index (χ2n) is 7.67. The lowest BCUT2D eigenvalue weighted by Crippen LogP contribution is -2.31. The molecule has 26 heavy (non-hydrogen) atoms. The lowest BCUT2D eigenvalue weighted by atomic mass is 10.1. The third kappa shape index (κ3) is 2.69. The van der Waals surface area contributed by atoms with Gasteiger partial charge < -0.3 is 9.64 Å². The molecule has 136 valence electrons. The highest BCUT2D eigenvalue weighted by molar-refractivity contribution is 6.31. The van der Waals surface area contributed by atoms with Gasteiger partial charge in [0.25, 0.3) is 5.91 Å². The van der Waals surface area contributed by atoms with Crippen LogP contribution in [0, 0.1) is 0 Å². The lowest BCUT2D eigenvalue weighted by Gasteiger charge is -2.24. The van der Waals surface area contributed by atoms with E-state index in [9.17, 15) is 9.59 Å². The van der Waals surface area contributed by atoms with Gasteiger partial charge in [0.05, 0.1) is 23.0 Å². The molecule has 2 aromatic rings. The van der Waals surface area contributed by atoms with Crippen LogP contribution in [0.3, 0.4) is 0 Å². The maximum atomic E-state index is 13.1. The fourth-order valence-corrected chi connectivity index (χ4v) is 3.86. The molecule has 6 nitrogen and oxygen atoms in total. The Morgan fingerprint density at radius 1 is 1.35 bits per heavy atom. The third-order valence-electron chi connectivity index (χ3n) is 4.67. The van der Waals surface area contributed by atoms with Gasteiger partial charge in [0, 0.05) is 11.6 Å². The summed E-state index contributed by atoms with van der Waals surface area (Å²) < 4.78 is 7.36. The molecule has 0 saturated carbocycles. The van der Waals surface area contributed by atoms with E-state index in [-0.39, 0.29) is 17.6 Å². The molecule has 1 atom stereocenters. The van der Waals surface area contributed by atoms with E-state index in [1.165, 1.54) is 0 Å². The minimum atomic E-state index is -0.616. The van der Waals surface area contributed by atoms with E-state index < -0.39 is 11.6 Å². The molecule has 0 bridgehead atoms. The average molecular weight is 374 g/mol. The Kier molecular flexibility index (Phi) is 3.84. The molecule has 2 aliphatic rings. The third-order valence-corrected chi connectivity index (χ3v) is 4.91. The summed E-state index contributed by atoms with van der Waals surface area (Å²) in [4.78, 5) is 31.9. The zero-order valence-electron chi connectivity index (χ0n) is 15.0. The number of aromatic nitrogens is 2. The molecular formula is C19H20ClN3O3.